The number of hydrogen-bond acceptors (Lipinski definition) is 2. The highest BCUT2D eigenvalue weighted by Gasteiger charge is 2.42. The first-order valence-electron chi connectivity index (χ1n) is 5.98. The van der Waals surface area contributed by atoms with Gasteiger partial charge in [-0.1, -0.05) is 19.3 Å². The third-order valence-electron chi connectivity index (χ3n) is 4.19. The van der Waals surface area contributed by atoms with Gasteiger partial charge in [0, 0.05) is 18.6 Å². The second-order valence-electron chi connectivity index (χ2n) is 4.94. The summed E-state index contributed by atoms with van der Waals surface area (Å²) in [6.07, 6.45) is 10.2. The predicted molar refractivity (Wildman–Crippen MR) is 53.2 cm³/mol. The Labute approximate surface area is 80.7 Å². The van der Waals surface area contributed by atoms with Crippen molar-refractivity contribution in [3.05, 3.63) is 0 Å². The van der Waals surface area contributed by atoms with Crippen LogP contribution >= 0.6 is 0 Å². The maximum atomic E-state index is 3.73. The summed E-state index contributed by atoms with van der Waals surface area (Å²) in [6, 6.07) is 1.75. The van der Waals surface area contributed by atoms with Crippen molar-refractivity contribution in [2.45, 2.75) is 57.0 Å². The quantitative estimate of drug-likeness (QED) is 0.612. The normalized spacial score (nSPS) is 45.7. The van der Waals surface area contributed by atoms with Crippen LogP contribution in [0.2, 0.25) is 0 Å². The molecule has 0 aromatic carbocycles. The first kappa shape index (κ1) is 8.25. The van der Waals surface area contributed by atoms with Crippen molar-refractivity contribution in [3.63, 3.8) is 0 Å². The van der Waals surface area contributed by atoms with Crippen LogP contribution in [0.4, 0.5) is 0 Å². The summed E-state index contributed by atoms with van der Waals surface area (Å²) in [5, 5.41) is 2.56. The van der Waals surface area contributed by atoms with Gasteiger partial charge in [0.25, 0.3) is 0 Å². The molecule has 1 saturated carbocycles. The van der Waals surface area contributed by atoms with E-state index < -0.39 is 0 Å². The standard InChI is InChI=1S/C11H20N2/c1-2-6-10-9(5-1)11-7-3-4-8-13(11)12-10/h9-12H,1-8H2. The van der Waals surface area contributed by atoms with Crippen LogP contribution in [0, 0.1) is 5.92 Å². The summed E-state index contributed by atoms with van der Waals surface area (Å²) in [7, 11) is 0. The average Bonchev–Trinajstić information content (AvgIpc) is 2.56. The van der Waals surface area contributed by atoms with E-state index in [-0.39, 0.29) is 0 Å². The zero-order chi connectivity index (χ0) is 8.67. The Balaban J connectivity index is 1.76. The fourth-order valence-electron chi connectivity index (χ4n) is 3.56. The zero-order valence-electron chi connectivity index (χ0n) is 8.34. The van der Waals surface area contributed by atoms with E-state index in [9.17, 15) is 0 Å². The summed E-state index contributed by atoms with van der Waals surface area (Å²) in [5.74, 6) is 0.994. The smallest absolute Gasteiger partial charge is 0.0287 e. The Morgan fingerprint density at radius 1 is 0.923 bits per heavy atom. The number of hydrogen-bond donors (Lipinski definition) is 1. The summed E-state index contributed by atoms with van der Waals surface area (Å²) in [5.41, 5.74) is 3.73. The topological polar surface area (TPSA) is 15.3 Å². The minimum Gasteiger partial charge on any atom is -0.252 e. The molecule has 2 heterocycles. The Morgan fingerprint density at radius 3 is 2.77 bits per heavy atom. The molecule has 3 rings (SSSR count). The number of nitrogens with one attached hydrogen (secondary N) is 1. The molecule has 3 unspecified atom stereocenters. The Morgan fingerprint density at radius 2 is 1.77 bits per heavy atom. The van der Waals surface area contributed by atoms with Crippen LogP contribution in [0.25, 0.3) is 0 Å². The number of nitrogens with zero attached hydrogens (tertiary/aromatic N) is 1. The predicted octanol–water partition coefficient (Wildman–Crippen LogP) is 1.92. The lowest BCUT2D eigenvalue weighted by atomic mass is 9.79. The third kappa shape index (κ3) is 1.31. The fourth-order valence-corrected chi connectivity index (χ4v) is 3.56. The van der Waals surface area contributed by atoms with Gasteiger partial charge in [-0.05, 0) is 31.6 Å². The van der Waals surface area contributed by atoms with Crippen molar-refractivity contribution < 1.29 is 0 Å². The van der Waals surface area contributed by atoms with Crippen LogP contribution in [-0.2, 0) is 0 Å². The number of hydrazine groups is 1. The SMILES string of the molecule is C1CCC2C(C1)NN1CCCCC21. The first-order chi connectivity index (χ1) is 6.45. The zero-order valence-corrected chi connectivity index (χ0v) is 8.34. The van der Waals surface area contributed by atoms with Crippen molar-refractivity contribution in [3.8, 4) is 0 Å². The molecule has 0 bridgehead atoms. The summed E-state index contributed by atoms with van der Waals surface area (Å²) < 4.78 is 0. The second-order valence-corrected chi connectivity index (χ2v) is 4.94. The Kier molecular flexibility index (Phi) is 2.06. The maximum Gasteiger partial charge on any atom is 0.0287 e. The lowest BCUT2D eigenvalue weighted by Crippen LogP contribution is -2.42. The highest BCUT2D eigenvalue weighted by molar-refractivity contribution is 4.96. The van der Waals surface area contributed by atoms with E-state index >= 15 is 0 Å². The van der Waals surface area contributed by atoms with E-state index in [1.54, 1.807) is 0 Å². The van der Waals surface area contributed by atoms with E-state index in [0.717, 1.165) is 18.0 Å². The van der Waals surface area contributed by atoms with E-state index in [4.69, 9.17) is 0 Å². The molecule has 1 N–H and O–H groups in total. The average molecular weight is 180 g/mol. The molecular weight excluding hydrogens is 160 g/mol. The van der Waals surface area contributed by atoms with Crippen LogP contribution in [-0.4, -0.2) is 23.6 Å². The van der Waals surface area contributed by atoms with Crippen molar-refractivity contribution >= 4 is 0 Å². The molecule has 0 aromatic rings. The maximum absolute atomic E-state index is 3.73. The van der Waals surface area contributed by atoms with Gasteiger partial charge in [0.05, 0.1) is 0 Å². The van der Waals surface area contributed by atoms with Crippen molar-refractivity contribution in [1.82, 2.24) is 10.4 Å². The molecule has 3 atom stereocenters. The molecule has 0 aromatic heterocycles. The fraction of sp³-hybridized carbons (Fsp3) is 1.00. The highest BCUT2D eigenvalue weighted by atomic mass is 15.6. The number of fused-ring (bicyclic) bond motifs is 3. The van der Waals surface area contributed by atoms with Gasteiger partial charge in [0.2, 0.25) is 0 Å². The van der Waals surface area contributed by atoms with E-state index in [2.05, 4.69) is 10.4 Å². The minimum atomic E-state index is 0.844. The monoisotopic (exact) mass is 180 g/mol. The lowest BCUT2D eigenvalue weighted by Gasteiger charge is -2.32. The number of rotatable bonds is 0. The molecule has 2 aliphatic heterocycles. The van der Waals surface area contributed by atoms with Gasteiger partial charge >= 0.3 is 0 Å². The van der Waals surface area contributed by atoms with Gasteiger partial charge in [0.1, 0.15) is 0 Å². The van der Waals surface area contributed by atoms with Crippen molar-refractivity contribution in [2.24, 2.45) is 5.92 Å². The molecule has 3 fully saturated rings. The van der Waals surface area contributed by atoms with Gasteiger partial charge in [-0.15, -0.1) is 0 Å². The molecule has 2 nitrogen and oxygen atoms in total. The van der Waals surface area contributed by atoms with E-state index in [0.29, 0.717) is 0 Å². The van der Waals surface area contributed by atoms with E-state index in [1.165, 1.54) is 51.5 Å². The van der Waals surface area contributed by atoms with Crippen LogP contribution < -0.4 is 5.43 Å². The molecule has 0 radical (unpaired) electrons. The summed E-state index contributed by atoms with van der Waals surface area (Å²) >= 11 is 0. The second kappa shape index (κ2) is 3.25. The molecule has 2 saturated heterocycles. The summed E-state index contributed by atoms with van der Waals surface area (Å²) in [4.78, 5) is 0. The molecule has 3 aliphatic rings. The van der Waals surface area contributed by atoms with Gasteiger partial charge in [0.15, 0.2) is 0 Å². The first-order valence-corrected chi connectivity index (χ1v) is 5.98. The molecule has 2 heteroatoms. The molecule has 0 spiro atoms. The van der Waals surface area contributed by atoms with Gasteiger partial charge < -0.3 is 0 Å². The van der Waals surface area contributed by atoms with Crippen molar-refractivity contribution in [1.29, 1.82) is 0 Å². The third-order valence-corrected chi connectivity index (χ3v) is 4.19. The summed E-state index contributed by atoms with van der Waals surface area (Å²) in [6.45, 7) is 1.30. The molecule has 0 amide bonds. The Bertz CT molecular complexity index is 173. The Hall–Kier alpha value is -0.0800. The lowest BCUT2D eigenvalue weighted by molar-refractivity contribution is 0.126. The number of piperidine rings is 1. The van der Waals surface area contributed by atoms with Crippen LogP contribution in [0.5, 0.6) is 0 Å². The van der Waals surface area contributed by atoms with Crippen molar-refractivity contribution in [2.75, 3.05) is 6.54 Å². The minimum absolute atomic E-state index is 0.844. The molecular formula is C11H20N2. The molecule has 13 heavy (non-hydrogen) atoms. The highest BCUT2D eigenvalue weighted by Crippen LogP contribution is 2.37. The molecule has 1 aliphatic carbocycles. The van der Waals surface area contributed by atoms with Gasteiger partial charge in [-0.3, -0.25) is 5.43 Å². The van der Waals surface area contributed by atoms with E-state index in [1.807, 2.05) is 0 Å². The molecule has 74 valence electrons. The van der Waals surface area contributed by atoms with Crippen LogP contribution in [0.1, 0.15) is 44.9 Å². The van der Waals surface area contributed by atoms with Gasteiger partial charge in [-0.25, -0.2) is 5.01 Å². The van der Waals surface area contributed by atoms with Crippen LogP contribution in [0.3, 0.4) is 0 Å². The van der Waals surface area contributed by atoms with Gasteiger partial charge in [-0.2, -0.15) is 0 Å². The largest absolute Gasteiger partial charge is 0.252 e. The van der Waals surface area contributed by atoms with Crippen LogP contribution in [0.15, 0.2) is 0 Å².